The van der Waals surface area contributed by atoms with E-state index in [-0.39, 0.29) is 18.3 Å². The normalized spacial score (nSPS) is 10.9. The Morgan fingerprint density at radius 2 is 1.86 bits per heavy atom. The molecular weight excluding hydrogens is 410 g/mol. The van der Waals surface area contributed by atoms with Crippen LogP contribution in [0.3, 0.4) is 0 Å². The topological polar surface area (TPSA) is 36.4 Å². The number of aromatic nitrogens is 1. The van der Waals surface area contributed by atoms with E-state index in [0.29, 0.717) is 12.3 Å². The molecule has 0 fully saturated rings. The van der Waals surface area contributed by atoms with E-state index in [0.717, 1.165) is 33.2 Å². The number of amides is 1. The Kier molecular flexibility index (Phi) is 8.76. The third kappa shape index (κ3) is 6.21. The fourth-order valence-electron chi connectivity index (χ4n) is 2.75. The van der Waals surface area contributed by atoms with Gasteiger partial charge in [0.2, 0.25) is 5.91 Å². The lowest BCUT2D eigenvalue weighted by atomic mass is 10.2. The van der Waals surface area contributed by atoms with Crippen molar-refractivity contribution in [1.29, 1.82) is 0 Å². The van der Waals surface area contributed by atoms with E-state index in [1.165, 1.54) is 5.56 Å². The van der Waals surface area contributed by atoms with Crippen LogP contribution in [0.1, 0.15) is 12.0 Å². The smallest absolute Gasteiger partial charge is 0.239 e. The molecule has 0 aliphatic heterocycles. The molecule has 0 bridgehead atoms. The number of nitrogens with zero attached hydrogens (tertiary/aromatic N) is 3. The maximum absolute atomic E-state index is 13.0. The van der Waals surface area contributed by atoms with Crippen LogP contribution in [0.2, 0.25) is 0 Å². The molecule has 3 aromatic rings. The Bertz CT molecular complexity index is 899. The average Bonchev–Trinajstić information content (AvgIpc) is 3.06. The minimum absolute atomic E-state index is 0. The zero-order valence-corrected chi connectivity index (χ0v) is 18.9. The van der Waals surface area contributed by atoms with Gasteiger partial charge < -0.3 is 4.90 Å². The predicted molar refractivity (Wildman–Crippen MR) is 124 cm³/mol. The fourth-order valence-corrected chi connectivity index (χ4v) is 4.65. The molecule has 0 aliphatic rings. The average molecular weight is 436 g/mol. The minimum Gasteiger partial charge on any atom is -0.309 e. The summed E-state index contributed by atoms with van der Waals surface area (Å²) in [6, 6.07) is 16.3. The minimum atomic E-state index is 0. The molecule has 1 heterocycles. The molecular formula is C21H26ClN3OS2. The molecule has 0 aliphatic carbocycles. The molecule has 0 saturated heterocycles. The van der Waals surface area contributed by atoms with E-state index in [1.807, 2.05) is 41.3 Å². The largest absolute Gasteiger partial charge is 0.309 e. The molecule has 0 atom stereocenters. The molecule has 0 N–H and O–H groups in total. The van der Waals surface area contributed by atoms with Gasteiger partial charge in [0.05, 0.1) is 16.0 Å². The maximum atomic E-state index is 13.0. The first-order chi connectivity index (χ1) is 13.0. The van der Waals surface area contributed by atoms with Gasteiger partial charge in [0, 0.05) is 11.4 Å². The van der Waals surface area contributed by atoms with Crippen molar-refractivity contribution in [3.8, 4) is 0 Å². The fraction of sp³-hybridized carbons (Fsp3) is 0.333. The quantitative estimate of drug-likeness (QED) is 0.461. The van der Waals surface area contributed by atoms with Gasteiger partial charge in [0.25, 0.3) is 0 Å². The SMILES string of the molecule is Cc1ccc2nc(N(CCCN(C)C)C(=O)CSc3ccccc3)sc2c1.Cl. The Balaban J connectivity index is 0.00000280. The van der Waals surface area contributed by atoms with Crippen molar-refractivity contribution >= 4 is 56.8 Å². The van der Waals surface area contributed by atoms with Gasteiger partial charge in [-0.05, 0) is 63.8 Å². The number of aryl methyl sites for hydroxylation is 1. The lowest BCUT2D eigenvalue weighted by molar-refractivity contribution is -0.116. The summed E-state index contributed by atoms with van der Waals surface area (Å²) < 4.78 is 1.13. The third-order valence-corrected chi connectivity index (χ3v) is 6.20. The molecule has 4 nitrogen and oxygen atoms in total. The Morgan fingerprint density at radius 1 is 1.11 bits per heavy atom. The highest BCUT2D eigenvalue weighted by Gasteiger charge is 2.20. The molecule has 0 unspecified atom stereocenters. The molecule has 150 valence electrons. The first-order valence-corrected chi connectivity index (χ1v) is 10.8. The van der Waals surface area contributed by atoms with Crippen molar-refractivity contribution in [2.45, 2.75) is 18.2 Å². The summed E-state index contributed by atoms with van der Waals surface area (Å²) in [5.41, 5.74) is 2.17. The lowest BCUT2D eigenvalue weighted by Crippen LogP contribution is -2.34. The molecule has 0 spiro atoms. The van der Waals surface area contributed by atoms with Crippen LogP contribution in [0.15, 0.2) is 53.4 Å². The predicted octanol–water partition coefficient (Wildman–Crippen LogP) is 5.10. The second-order valence-electron chi connectivity index (χ2n) is 6.77. The molecule has 1 aromatic heterocycles. The lowest BCUT2D eigenvalue weighted by Gasteiger charge is -2.21. The standard InChI is InChI=1S/C21H25N3OS2.ClH/c1-16-10-11-18-19(14-16)27-21(22-18)24(13-7-12-23(2)3)20(25)15-26-17-8-5-4-6-9-17;/h4-6,8-11,14H,7,12-13,15H2,1-3H3;1H. The van der Waals surface area contributed by atoms with Crippen LogP contribution in [-0.4, -0.2) is 48.7 Å². The number of hydrogen-bond donors (Lipinski definition) is 0. The summed E-state index contributed by atoms with van der Waals surface area (Å²) in [7, 11) is 4.11. The third-order valence-electron chi connectivity index (χ3n) is 4.16. The van der Waals surface area contributed by atoms with Crippen LogP contribution in [-0.2, 0) is 4.79 Å². The van der Waals surface area contributed by atoms with Crippen LogP contribution in [0, 0.1) is 6.92 Å². The van der Waals surface area contributed by atoms with E-state index in [9.17, 15) is 4.79 Å². The first-order valence-electron chi connectivity index (χ1n) is 9.03. The van der Waals surface area contributed by atoms with Gasteiger partial charge in [0.15, 0.2) is 5.13 Å². The van der Waals surface area contributed by atoms with Gasteiger partial charge in [-0.25, -0.2) is 4.98 Å². The number of rotatable bonds is 8. The highest BCUT2D eigenvalue weighted by atomic mass is 35.5. The number of thiazole rings is 1. The van der Waals surface area contributed by atoms with E-state index in [2.05, 4.69) is 38.1 Å². The highest BCUT2D eigenvalue weighted by molar-refractivity contribution is 8.00. The van der Waals surface area contributed by atoms with E-state index in [1.54, 1.807) is 23.1 Å². The summed E-state index contributed by atoms with van der Waals surface area (Å²) in [5, 5.41) is 0.799. The number of fused-ring (bicyclic) bond motifs is 1. The van der Waals surface area contributed by atoms with Gasteiger partial charge in [0.1, 0.15) is 0 Å². The van der Waals surface area contributed by atoms with Gasteiger partial charge in [-0.1, -0.05) is 35.6 Å². The number of benzene rings is 2. The summed E-state index contributed by atoms with van der Waals surface area (Å²) in [4.78, 5) is 22.8. The van der Waals surface area contributed by atoms with Crippen molar-refractivity contribution in [3.05, 3.63) is 54.1 Å². The van der Waals surface area contributed by atoms with Crippen molar-refractivity contribution in [3.63, 3.8) is 0 Å². The molecule has 7 heteroatoms. The van der Waals surface area contributed by atoms with Crippen LogP contribution >= 0.6 is 35.5 Å². The van der Waals surface area contributed by atoms with Crippen LogP contribution in [0.5, 0.6) is 0 Å². The van der Waals surface area contributed by atoms with Gasteiger partial charge in [-0.3, -0.25) is 9.69 Å². The number of thioether (sulfide) groups is 1. The Morgan fingerprint density at radius 3 is 2.57 bits per heavy atom. The summed E-state index contributed by atoms with van der Waals surface area (Å²) in [6.45, 7) is 3.71. The number of hydrogen-bond acceptors (Lipinski definition) is 5. The number of anilines is 1. The second kappa shape index (κ2) is 10.8. The Hall–Kier alpha value is -1.60. The van der Waals surface area contributed by atoms with Gasteiger partial charge >= 0.3 is 0 Å². The number of carbonyl (C=O) groups excluding carboxylic acids is 1. The van der Waals surface area contributed by atoms with Crippen molar-refractivity contribution in [1.82, 2.24) is 9.88 Å². The second-order valence-corrected chi connectivity index (χ2v) is 8.83. The number of halogens is 1. The monoisotopic (exact) mass is 435 g/mol. The van der Waals surface area contributed by atoms with Crippen LogP contribution in [0.4, 0.5) is 5.13 Å². The zero-order chi connectivity index (χ0) is 19.2. The maximum Gasteiger partial charge on any atom is 0.239 e. The summed E-state index contributed by atoms with van der Waals surface area (Å²) in [6.07, 6.45) is 0.920. The van der Waals surface area contributed by atoms with Gasteiger partial charge in [-0.15, -0.1) is 24.2 Å². The van der Waals surface area contributed by atoms with Crippen LogP contribution in [0.25, 0.3) is 10.2 Å². The Labute approximate surface area is 181 Å². The van der Waals surface area contributed by atoms with Crippen molar-refractivity contribution in [2.75, 3.05) is 37.8 Å². The van der Waals surface area contributed by atoms with Crippen LogP contribution < -0.4 is 4.90 Å². The van der Waals surface area contributed by atoms with Crippen molar-refractivity contribution < 1.29 is 4.79 Å². The zero-order valence-electron chi connectivity index (χ0n) is 16.4. The molecule has 0 radical (unpaired) electrons. The van der Waals surface area contributed by atoms with E-state index < -0.39 is 0 Å². The summed E-state index contributed by atoms with van der Waals surface area (Å²) >= 11 is 3.18. The molecule has 3 rings (SSSR count). The molecule has 2 aromatic carbocycles. The van der Waals surface area contributed by atoms with Crippen molar-refractivity contribution in [2.24, 2.45) is 0 Å². The molecule has 1 amide bonds. The summed E-state index contributed by atoms with van der Waals surface area (Å²) in [5.74, 6) is 0.527. The number of carbonyl (C=O) groups is 1. The molecule has 0 saturated carbocycles. The van der Waals surface area contributed by atoms with E-state index in [4.69, 9.17) is 4.98 Å². The highest BCUT2D eigenvalue weighted by Crippen LogP contribution is 2.30. The molecule has 28 heavy (non-hydrogen) atoms. The first kappa shape index (κ1) is 22.7. The van der Waals surface area contributed by atoms with Gasteiger partial charge in [-0.2, -0.15) is 0 Å². The van der Waals surface area contributed by atoms with E-state index >= 15 is 0 Å².